The summed E-state index contributed by atoms with van der Waals surface area (Å²) >= 11 is 0. The number of hydrogen-bond donors (Lipinski definition) is 2. The molecule has 2 nitrogen and oxygen atoms in total. The van der Waals surface area contributed by atoms with E-state index in [-0.39, 0.29) is 12.5 Å². The van der Waals surface area contributed by atoms with Gasteiger partial charge >= 0.3 is 0 Å². The van der Waals surface area contributed by atoms with Gasteiger partial charge in [0.15, 0.2) is 0 Å². The minimum Gasteiger partial charge on any atom is -0.396 e. The predicted octanol–water partition coefficient (Wildman–Crippen LogP) is 1.10. The minimum absolute atomic E-state index is 0.00387. The van der Waals surface area contributed by atoms with Crippen LogP contribution in [-0.4, -0.2) is 22.9 Å². The Kier molecular flexibility index (Phi) is 4.88. The molecule has 0 aromatic carbocycles. The Labute approximate surface area is 67.9 Å². The van der Waals surface area contributed by atoms with Crippen LogP contribution in [0, 0.1) is 5.92 Å². The zero-order chi connectivity index (χ0) is 8.85. The monoisotopic (exact) mass is 156 g/mol. The molecule has 2 N–H and O–H groups in total. The van der Waals surface area contributed by atoms with Crippen molar-refractivity contribution < 1.29 is 10.2 Å². The molecule has 0 aliphatic heterocycles. The SMILES string of the molecule is CC=C=C(C)C(O)C(C)CO. The second-order valence-electron chi connectivity index (χ2n) is 2.72. The summed E-state index contributed by atoms with van der Waals surface area (Å²) in [6, 6.07) is 0. The van der Waals surface area contributed by atoms with Gasteiger partial charge in [0.05, 0.1) is 6.10 Å². The topological polar surface area (TPSA) is 40.5 Å². The van der Waals surface area contributed by atoms with Gasteiger partial charge in [-0.25, -0.2) is 0 Å². The number of aliphatic hydroxyl groups is 2. The molecule has 0 heterocycles. The molecule has 0 spiro atoms. The molecule has 2 heteroatoms. The fourth-order valence-corrected chi connectivity index (χ4v) is 0.840. The van der Waals surface area contributed by atoms with Gasteiger partial charge in [-0.05, 0) is 25.5 Å². The van der Waals surface area contributed by atoms with Crippen molar-refractivity contribution in [2.24, 2.45) is 5.92 Å². The molecule has 0 fully saturated rings. The summed E-state index contributed by atoms with van der Waals surface area (Å²) in [5.74, 6) is -0.109. The van der Waals surface area contributed by atoms with Crippen molar-refractivity contribution in [1.29, 1.82) is 0 Å². The van der Waals surface area contributed by atoms with Crippen molar-refractivity contribution in [3.63, 3.8) is 0 Å². The Balaban J connectivity index is 4.24. The standard InChI is InChI=1S/C9H16O2/c1-4-5-7(2)9(11)8(3)6-10/h4,8-11H,6H2,1-3H3. The van der Waals surface area contributed by atoms with Crippen LogP contribution in [-0.2, 0) is 0 Å². The minimum atomic E-state index is -0.573. The van der Waals surface area contributed by atoms with Crippen LogP contribution in [0.25, 0.3) is 0 Å². The second kappa shape index (κ2) is 5.14. The fourth-order valence-electron chi connectivity index (χ4n) is 0.840. The summed E-state index contributed by atoms with van der Waals surface area (Å²) in [5, 5.41) is 18.1. The maximum atomic E-state index is 9.44. The largest absolute Gasteiger partial charge is 0.396 e. The number of rotatable bonds is 3. The molecular weight excluding hydrogens is 140 g/mol. The highest BCUT2D eigenvalue weighted by Gasteiger charge is 2.13. The first kappa shape index (κ1) is 10.4. The number of hydrogen-bond acceptors (Lipinski definition) is 2. The van der Waals surface area contributed by atoms with Crippen molar-refractivity contribution in [1.82, 2.24) is 0 Å². The smallest absolute Gasteiger partial charge is 0.0868 e. The Bertz CT molecular complexity index is 166. The highest BCUT2D eigenvalue weighted by Crippen LogP contribution is 2.09. The lowest BCUT2D eigenvalue weighted by Crippen LogP contribution is -2.21. The Morgan fingerprint density at radius 3 is 2.55 bits per heavy atom. The summed E-state index contributed by atoms with van der Waals surface area (Å²) in [5.41, 5.74) is 3.66. The molecule has 0 aliphatic rings. The summed E-state index contributed by atoms with van der Waals surface area (Å²) < 4.78 is 0. The molecule has 0 aliphatic carbocycles. The van der Waals surface area contributed by atoms with Crippen LogP contribution in [0.4, 0.5) is 0 Å². The van der Waals surface area contributed by atoms with E-state index >= 15 is 0 Å². The Hall–Kier alpha value is -0.560. The Morgan fingerprint density at radius 1 is 1.64 bits per heavy atom. The first-order chi connectivity index (χ1) is 5.13. The van der Waals surface area contributed by atoms with Gasteiger partial charge in [0, 0.05) is 12.5 Å². The van der Waals surface area contributed by atoms with E-state index in [1.165, 1.54) is 0 Å². The van der Waals surface area contributed by atoms with Crippen molar-refractivity contribution >= 4 is 0 Å². The van der Waals surface area contributed by atoms with Gasteiger partial charge in [-0.1, -0.05) is 6.92 Å². The first-order valence-electron chi connectivity index (χ1n) is 3.80. The molecule has 0 aromatic heterocycles. The van der Waals surface area contributed by atoms with Crippen molar-refractivity contribution in [2.45, 2.75) is 26.9 Å². The van der Waals surface area contributed by atoms with E-state index in [1.54, 1.807) is 19.9 Å². The van der Waals surface area contributed by atoms with E-state index in [1.807, 2.05) is 6.92 Å². The van der Waals surface area contributed by atoms with Crippen molar-refractivity contribution in [3.8, 4) is 0 Å². The zero-order valence-corrected chi connectivity index (χ0v) is 7.33. The Morgan fingerprint density at radius 2 is 2.18 bits per heavy atom. The quantitative estimate of drug-likeness (QED) is 0.601. The van der Waals surface area contributed by atoms with Crippen LogP contribution in [0.2, 0.25) is 0 Å². The molecule has 0 rings (SSSR count). The van der Waals surface area contributed by atoms with Crippen LogP contribution in [0.5, 0.6) is 0 Å². The van der Waals surface area contributed by atoms with Gasteiger partial charge in [-0.3, -0.25) is 0 Å². The van der Waals surface area contributed by atoms with Gasteiger partial charge in [0.1, 0.15) is 0 Å². The van der Waals surface area contributed by atoms with Crippen LogP contribution in [0.3, 0.4) is 0 Å². The van der Waals surface area contributed by atoms with E-state index < -0.39 is 6.10 Å². The lowest BCUT2D eigenvalue weighted by atomic mass is 10.00. The number of aliphatic hydroxyl groups excluding tert-OH is 2. The molecule has 11 heavy (non-hydrogen) atoms. The average molecular weight is 156 g/mol. The summed E-state index contributed by atoms with van der Waals surface area (Å²) in [4.78, 5) is 0. The van der Waals surface area contributed by atoms with Gasteiger partial charge in [-0.15, -0.1) is 5.73 Å². The second-order valence-corrected chi connectivity index (χ2v) is 2.72. The highest BCUT2D eigenvalue weighted by molar-refractivity contribution is 5.04. The summed E-state index contributed by atoms with van der Waals surface area (Å²) in [6.45, 7) is 5.45. The molecule has 2 unspecified atom stereocenters. The van der Waals surface area contributed by atoms with Crippen LogP contribution < -0.4 is 0 Å². The molecule has 2 atom stereocenters. The normalized spacial score (nSPS) is 15.0. The molecule has 0 saturated heterocycles. The third-order valence-corrected chi connectivity index (χ3v) is 1.64. The molecule has 0 bridgehead atoms. The van der Waals surface area contributed by atoms with Crippen LogP contribution >= 0.6 is 0 Å². The molecule has 0 amide bonds. The molecule has 0 aromatic rings. The average Bonchev–Trinajstić information content (AvgIpc) is 2.02. The molecule has 0 saturated carbocycles. The summed E-state index contributed by atoms with van der Waals surface area (Å²) in [7, 11) is 0. The van der Waals surface area contributed by atoms with E-state index in [4.69, 9.17) is 5.11 Å². The lowest BCUT2D eigenvalue weighted by molar-refractivity contribution is 0.103. The van der Waals surface area contributed by atoms with Gasteiger partial charge in [0.25, 0.3) is 0 Å². The van der Waals surface area contributed by atoms with Crippen LogP contribution in [0.15, 0.2) is 17.4 Å². The van der Waals surface area contributed by atoms with Gasteiger partial charge < -0.3 is 10.2 Å². The van der Waals surface area contributed by atoms with E-state index in [9.17, 15) is 5.11 Å². The van der Waals surface area contributed by atoms with Crippen molar-refractivity contribution in [2.75, 3.05) is 6.61 Å². The highest BCUT2D eigenvalue weighted by atomic mass is 16.3. The predicted molar refractivity (Wildman–Crippen MR) is 45.2 cm³/mol. The molecule has 0 radical (unpaired) electrons. The van der Waals surface area contributed by atoms with E-state index in [0.29, 0.717) is 0 Å². The van der Waals surface area contributed by atoms with Crippen LogP contribution in [0.1, 0.15) is 20.8 Å². The maximum absolute atomic E-state index is 9.44. The third-order valence-electron chi connectivity index (χ3n) is 1.64. The van der Waals surface area contributed by atoms with Gasteiger partial charge in [-0.2, -0.15) is 0 Å². The zero-order valence-electron chi connectivity index (χ0n) is 7.33. The molecular formula is C9H16O2. The van der Waals surface area contributed by atoms with Crippen molar-refractivity contribution in [3.05, 3.63) is 17.4 Å². The fraction of sp³-hybridized carbons (Fsp3) is 0.667. The first-order valence-corrected chi connectivity index (χ1v) is 3.80. The molecule has 64 valence electrons. The lowest BCUT2D eigenvalue weighted by Gasteiger charge is -2.15. The van der Waals surface area contributed by atoms with E-state index in [2.05, 4.69) is 5.73 Å². The van der Waals surface area contributed by atoms with E-state index in [0.717, 1.165) is 5.57 Å². The van der Waals surface area contributed by atoms with Gasteiger partial charge in [0.2, 0.25) is 0 Å². The maximum Gasteiger partial charge on any atom is 0.0868 e. The third kappa shape index (κ3) is 3.38. The summed E-state index contributed by atoms with van der Waals surface area (Å²) in [6.07, 6.45) is 1.18.